The summed E-state index contributed by atoms with van der Waals surface area (Å²) < 4.78 is 25.4. The molecule has 0 amide bonds. The normalized spacial score (nSPS) is 12.7. The van der Waals surface area contributed by atoms with E-state index in [2.05, 4.69) is 0 Å². The smallest absolute Gasteiger partial charge is 0.209 e. The molecule has 3 rings (SSSR count). The average molecular weight is 431 g/mol. The van der Waals surface area contributed by atoms with Crippen molar-refractivity contribution in [1.29, 1.82) is 0 Å². The maximum absolute atomic E-state index is 13.0. The van der Waals surface area contributed by atoms with Crippen LogP contribution in [0.2, 0.25) is 5.02 Å². The molecular formula is C22H23ClN2O3S. The number of rotatable bonds is 7. The number of primary sulfonamides is 1. The lowest BCUT2D eigenvalue weighted by molar-refractivity contribution is 0.103. The lowest BCUT2D eigenvalue weighted by atomic mass is 9.96. The molecule has 1 aromatic heterocycles. The highest BCUT2D eigenvalue weighted by molar-refractivity contribution is 7.89. The second-order valence-corrected chi connectivity index (χ2v) is 9.30. The number of halogens is 1. The van der Waals surface area contributed by atoms with E-state index in [1.54, 1.807) is 24.3 Å². The van der Waals surface area contributed by atoms with E-state index in [0.29, 0.717) is 22.7 Å². The molecule has 7 heteroatoms. The summed E-state index contributed by atoms with van der Waals surface area (Å²) in [6.45, 7) is 1.88. The molecule has 2 aromatic carbocycles. The van der Waals surface area contributed by atoms with Gasteiger partial charge in [-0.15, -0.1) is 0 Å². The lowest BCUT2D eigenvalue weighted by Crippen LogP contribution is -2.24. The molecule has 0 fully saturated rings. The van der Waals surface area contributed by atoms with Crippen LogP contribution in [0.4, 0.5) is 0 Å². The molecule has 0 spiro atoms. The second-order valence-electron chi connectivity index (χ2n) is 7.20. The largest absolute Gasteiger partial charge is 0.345 e. The molecule has 0 saturated carbocycles. The Morgan fingerprint density at radius 1 is 1.10 bits per heavy atom. The molecule has 2 N–H and O–H groups in total. The Balaban J connectivity index is 1.95. The summed E-state index contributed by atoms with van der Waals surface area (Å²) in [5, 5.41) is 5.91. The van der Waals surface area contributed by atoms with E-state index in [-0.39, 0.29) is 17.5 Å². The van der Waals surface area contributed by atoms with E-state index in [1.807, 2.05) is 54.9 Å². The van der Waals surface area contributed by atoms with Gasteiger partial charge >= 0.3 is 0 Å². The van der Waals surface area contributed by atoms with Gasteiger partial charge in [0.2, 0.25) is 15.8 Å². The number of hydrogen-bond donors (Lipinski definition) is 1. The van der Waals surface area contributed by atoms with Crippen molar-refractivity contribution in [3.8, 4) is 0 Å². The van der Waals surface area contributed by atoms with Crippen LogP contribution in [0.1, 0.15) is 38.8 Å². The van der Waals surface area contributed by atoms with Crippen molar-refractivity contribution in [3.05, 3.63) is 93.8 Å². The SMILES string of the molecule is Cc1cc(CC(CS(N)(=O)=O)c2ccccc2)n(C)c1C(=O)c1ccc(Cl)cc1. The van der Waals surface area contributed by atoms with Crippen LogP contribution in [0.15, 0.2) is 60.7 Å². The maximum Gasteiger partial charge on any atom is 0.209 e. The Morgan fingerprint density at radius 2 is 1.72 bits per heavy atom. The summed E-state index contributed by atoms with van der Waals surface area (Å²) in [5.41, 5.74) is 3.73. The van der Waals surface area contributed by atoms with E-state index in [4.69, 9.17) is 16.7 Å². The number of hydrogen-bond acceptors (Lipinski definition) is 3. The molecular weight excluding hydrogens is 408 g/mol. The van der Waals surface area contributed by atoms with E-state index in [1.165, 1.54) is 0 Å². The molecule has 0 bridgehead atoms. The fraction of sp³-hybridized carbons (Fsp3) is 0.227. The van der Waals surface area contributed by atoms with Crippen molar-refractivity contribution < 1.29 is 13.2 Å². The minimum atomic E-state index is -3.66. The number of sulfonamides is 1. The van der Waals surface area contributed by atoms with Gasteiger partial charge in [0.15, 0.2) is 0 Å². The molecule has 0 aliphatic heterocycles. The number of benzene rings is 2. The monoisotopic (exact) mass is 430 g/mol. The van der Waals surface area contributed by atoms with Crippen LogP contribution >= 0.6 is 11.6 Å². The molecule has 0 aliphatic carbocycles. The topological polar surface area (TPSA) is 82.2 Å². The third-order valence-electron chi connectivity index (χ3n) is 5.00. The van der Waals surface area contributed by atoms with Gasteiger partial charge in [0.1, 0.15) is 0 Å². The summed E-state index contributed by atoms with van der Waals surface area (Å²) >= 11 is 5.92. The Kier molecular flexibility index (Phi) is 6.27. The van der Waals surface area contributed by atoms with Crippen LogP contribution in [0.25, 0.3) is 0 Å². The van der Waals surface area contributed by atoms with Gasteiger partial charge < -0.3 is 4.57 Å². The maximum atomic E-state index is 13.0. The highest BCUT2D eigenvalue weighted by atomic mass is 35.5. The van der Waals surface area contributed by atoms with Crippen LogP contribution < -0.4 is 5.14 Å². The van der Waals surface area contributed by atoms with Gasteiger partial charge in [-0.3, -0.25) is 4.79 Å². The quantitative estimate of drug-likeness (QED) is 0.578. The number of carbonyl (C=O) groups excluding carboxylic acids is 1. The van der Waals surface area contributed by atoms with Crippen molar-refractivity contribution >= 4 is 27.4 Å². The standard InChI is InChI=1S/C22H23ClN2O3S/c1-15-12-20(13-18(14-29(24,27)28)16-6-4-3-5-7-16)25(2)21(15)22(26)17-8-10-19(23)11-9-17/h3-12,18H,13-14H2,1-2H3,(H2,24,27,28). The second kappa shape index (κ2) is 8.53. The minimum absolute atomic E-state index is 0.101. The zero-order valence-corrected chi connectivity index (χ0v) is 17.9. The van der Waals surface area contributed by atoms with E-state index in [0.717, 1.165) is 16.8 Å². The first-order chi connectivity index (χ1) is 13.7. The molecule has 1 unspecified atom stereocenters. The third kappa shape index (κ3) is 5.15. The van der Waals surface area contributed by atoms with E-state index in [9.17, 15) is 13.2 Å². The van der Waals surface area contributed by atoms with Gasteiger partial charge in [-0.05, 0) is 54.8 Å². The predicted octanol–water partition coefficient (Wildman–Crippen LogP) is 3.83. The molecule has 0 saturated heterocycles. The van der Waals surface area contributed by atoms with Gasteiger partial charge in [-0.25, -0.2) is 13.6 Å². The fourth-order valence-corrected chi connectivity index (χ4v) is 4.62. The summed E-state index contributed by atoms with van der Waals surface area (Å²) in [6.07, 6.45) is 0.450. The van der Waals surface area contributed by atoms with Crippen molar-refractivity contribution in [1.82, 2.24) is 4.57 Å². The molecule has 1 atom stereocenters. The first-order valence-corrected chi connectivity index (χ1v) is 11.3. The van der Waals surface area contributed by atoms with Crippen LogP contribution in [-0.4, -0.2) is 24.5 Å². The Labute approximate surface area is 176 Å². The van der Waals surface area contributed by atoms with Crippen LogP contribution in [-0.2, 0) is 23.5 Å². The number of nitrogens with zero attached hydrogens (tertiary/aromatic N) is 1. The first kappa shape index (κ1) is 21.3. The van der Waals surface area contributed by atoms with Crippen LogP contribution in [0.3, 0.4) is 0 Å². The molecule has 29 heavy (non-hydrogen) atoms. The van der Waals surface area contributed by atoms with E-state index >= 15 is 0 Å². The molecule has 1 heterocycles. The highest BCUT2D eigenvalue weighted by Gasteiger charge is 2.23. The first-order valence-electron chi connectivity index (χ1n) is 9.16. The zero-order valence-electron chi connectivity index (χ0n) is 16.3. The number of aromatic nitrogens is 1. The third-order valence-corrected chi connectivity index (χ3v) is 6.12. The average Bonchev–Trinajstić information content (AvgIpc) is 2.94. The number of carbonyl (C=O) groups is 1. The molecule has 0 aliphatic rings. The van der Waals surface area contributed by atoms with Gasteiger partial charge in [-0.2, -0.15) is 0 Å². The van der Waals surface area contributed by atoms with Crippen molar-refractivity contribution in [3.63, 3.8) is 0 Å². The van der Waals surface area contributed by atoms with Crippen LogP contribution in [0, 0.1) is 6.92 Å². The zero-order chi connectivity index (χ0) is 21.2. The Hall–Kier alpha value is -2.41. The molecule has 0 radical (unpaired) electrons. The molecule has 152 valence electrons. The van der Waals surface area contributed by atoms with E-state index < -0.39 is 10.0 Å². The Morgan fingerprint density at radius 3 is 2.31 bits per heavy atom. The summed E-state index contributed by atoms with van der Waals surface area (Å²) in [4.78, 5) is 13.0. The minimum Gasteiger partial charge on any atom is -0.345 e. The number of ketones is 1. The highest BCUT2D eigenvalue weighted by Crippen LogP contribution is 2.26. The van der Waals surface area contributed by atoms with Crippen molar-refractivity contribution in [2.24, 2.45) is 12.2 Å². The molecule has 3 aromatic rings. The number of aryl methyl sites for hydroxylation is 1. The van der Waals surface area contributed by atoms with Gasteiger partial charge in [0, 0.05) is 29.2 Å². The molecule has 5 nitrogen and oxygen atoms in total. The Bertz CT molecular complexity index is 1120. The van der Waals surface area contributed by atoms with Crippen molar-refractivity contribution in [2.75, 3.05) is 5.75 Å². The fourth-order valence-electron chi connectivity index (χ4n) is 3.62. The van der Waals surface area contributed by atoms with Crippen molar-refractivity contribution in [2.45, 2.75) is 19.3 Å². The summed E-state index contributed by atoms with van der Waals surface area (Å²) in [7, 11) is -1.84. The predicted molar refractivity (Wildman–Crippen MR) is 116 cm³/mol. The van der Waals surface area contributed by atoms with Gasteiger partial charge in [0.25, 0.3) is 0 Å². The van der Waals surface area contributed by atoms with Gasteiger partial charge in [-0.1, -0.05) is 41.9 Å². The number of nitrogens with two attached hydrogens (primary N) is 1. The van der Waals surface area contributed by atoms with Crippen LogP contribution in [0.5, 0.6) is 0 Å². The van der Waals surface area contributed by atoms with Gasteiger partial charge in [0.05, 0.1) is 11.4 Å². The lowest BCUT2D eigenvalue weighted by Gasteiger charge is -2.17. The summed E-state index contributed by atoms with van der Waals surface area (Å²) in [5.74, 6) is -0.574. The summed E-state index contributed by atoms with van der Waals surface area (Å²) in [6, 6.07) is 18.1.